The minimum Gasteiger partial charge on any atom is -0.292 e. The molecular formula is C17H15NO. The molecule has 0 amide bonds. The fourth-order valence-electron chi connectivity index (χ4n) is 2.21. The lowest BCUT2D eigenvalue weighted by atomic mass is 9.90. The third-order valence-corrected chi connectivity index (χ3v) is 3.03. The van der Waals surface area contributed by atoms with E-state index in [2.05, 4.69) is 6.07 Å². The number of aryl methyl sites for hydroxylation is 2. The van der Waals surface area contributed by atoms with E-state index in [4.69, 9.17) is 0 Å². The Bertz CT molecular complexity index is 618. The van der Waals surface area contributed by atoms with Crippen LogP contribution in [0.25, 0.3) is 0 Å². The second-order valence-electron chi connectivity index (χ2n) is 4.71. The van der Waals surface area contributed by atoms with Gasteiger partial charge < -0.3 is 0 Å². The predicted molar refractivity (Wildman–Crippen MR) is 75.0 cm³/mol. The van der Waals surface area contributed by atoms with E-state index in [1.165, 1.54) is 0 Å². The highest BCUT2D eigenvalue weighted by Crippen LogP contribution is 2.21. The smallest absolute Gasteiger partial charge is 0.184 e. The molecule has 2 rings (SSSR count). The molecule has 0 saturated heterocycles. The quantitative estimate of drug-likeness (QED) is 0.776. The van der Waals surface area contributed by atoms with Crippen molar-refractivity contribution in [2.45, 2.75) is 19.8 Å². The molecule has 0 aliphatic heterocycles. The molecule has 2 aromatic carbocycles. The van der Waals surface area contributed by atoms with Crippen LogP contribution in [0.15, 0.2) is 48.5 Å². The second kappa shape index (κ2) is 5.49. The van der Waals surface area contributed by atoms with Gasteiger partial charge in [-0.15, -0.1) is 0 Å². The van der Waals surface area contributed by atoms with Crippen molar-refractivity contribution in [3.8, 4) is 6.07 Å². The molecule has 19 heavy (non-hydrogen) atoms. The van der Waals surface area contributed by atoms with Gasteiger partial charge in [0.1, 0.15) is 5.92 Å². The Morgan fingerprint density at radius 2 is 1.63 bits per heavy atom. The topological polar surface area (TPSA) is 40.9 Å². The van der Waals surface area contributed by atoms with Crippen molar-refractivity contribution < 1.29 is 4.79 Å². The highest BCUT2D eigenvalue weighted by Gasteiger charge is 2.21. The molecule has 0 saturated carbocycles. The van der Waals surface area contributed by atoms with Gasteiger partial charge in [-0.3, -0.25) is 4.79 Å². The lowest BCUT2D eigenvalue weighted by Crippen LogP contribution is -2.11. The van der Waals surface area contributed by atoms with Gasteiger partial charge in [-0.2, -0.15) is 5.26 Å². The molecule has 0 aliphatic rings. The van der Waals surface area contributed by atoms with Gasteiger partial charge in [-0.25, -0.2) is 0 Å². The number of ketones is 1. The summed E-state index contributed by atoms with van der Waals surface area (Å²) in [5, 5.41) is 9.28. The number of nitrogens with zero attached hydrogens (tertiary/aromatic N) is 1. The summed E-state index contributed by atoms with van der Waals surface area (Å²) < 4.78 is 0. The average Bonchev–Trinajstić information content (AvgIpc) is 2.39. The number of carbonyl (C=O) groups excluding carboxylic acids is 1. The fraction of sp³-hybridized carbons (Fsp3) is 0.176. The van der Waals surface area contributed by atoms with Crippen LogP contribution in [0.2, 0.25) is 0 Å². The zero-order valence-corrected chi connectivity index (χ0v) is 11.1. The number of rotatable bonds is 3. The van der Waals surface area contributed by atoms with Crippen molar-refractivity contribution in [2.24, 2.45) is 0 Å². The molecule has 0 fully saturated rings. The maximum Gasteiger partial charge on any atom is 0.184 e. The van der Waals surface area contributed by atoms with Crippen LogP contribution in [0.4, 0.5) is 0 Å². The molecule has 1 unspecified atom stereocenters. The standard InChI is InChI=1S/C17H15NO/c1-12-8-13(2)10-15(9-12)17(19)16(11-18)14-6-4-3-5-7-14/h3-10,16H,1-2H3. The Labute approximate surface area is 113 Å². The molecule has 0 N–H and O–H groups in total. The molecule has 0 bridgehead atoms. The number of carbonyl (C=O) groups is 1. The van der Waals surface area contributed by atoms with Gasteiger partial charge in [-0.1, -0.05) is 47.5 Å². The van der Waals surface area contributed by atoms with Crippen LogP contribution in [0.1, 0.15) is 33.0 Å². The molecule has 1 atom stereocenters. The minimum atomic E-state index is -0.734. The first kappa shape index (κ1) is 13.0. The summed E-state index contributed by atoms with van der Waals surface area (Å²) in [7, 11) is 0. The van der Waals surface area contributed by atoms with Gasteiger partial charge in [0.25, 0.3) is 0 Å². The largest absolute Gasteiger partial charge is 0.292 e. The van der Waals surface area contributed by atoms with Crippen molar-refractivity contribution in [1.29, 1.82) is 5.26 Å². The summed E-state index contributed by atoms with van der Waals surface area (Å²) in [6.07, 6.45) is 0. The average molecular weight is 249 g/mol. The SMILES string of the molecule is Cc1cc(C)cc(C(=O)C(C#N)c2ccccc2)c1. The third-order valence-electron chi connectivity index (χ3n) is 3.03. The predicted octanol–water partition coefficient (Wildman–Crippen LogP) is 3.79. The third kappa shape index (κ3) is 2.89. The zero-order chi connectivity index (χ0) is 13.8. The van der Waals surface area contributed by atoms with Crippen LogP contribution in [0, 0.1) is 25.2 Å². The van der Waals surface area contributed by atoms with Gasteiger partial charge >= 0.3 is 0 Å². The van der Waals surface area contributed by atoms with Crippen molar-refractivity contribution in [3.63, 3.8) is 0 Å². The Hall–Kier alpha value is -2.40. The lowest BCUT2D eigenvalue weighted by molar-refractivity contribution is 0.0978. The van der Waals surface area contributed by atoms with E-state index in [-0.39, 0.29) is 5.78 Å². The molecule has 94 valence electrons. The van der Waals surface area contributed by atoms with Crippen molar-refractivity contribution in [1.82, 2.24) is 0 Å². The summed E-state index contributed by atoms with van der Waals surface area (Å²) in [6, 6.07) is 17.0. The molecule has 0 aromatic heterocycles. The first-order valence-electron chi connectivity index (χ1n) is 6.19. The molecule has 0 radical (unpaired) electrons. The Morgan fingerprint density at radius 1 is 1.05 bits per heavy atom. The van der Waals surface area contributed by atoms with E-state index < -0.39 is 5.92 Å². The monoisotopic (exact) mass is 249 g/mol. The van der Waals surface area contributed by atoms with Gasteiger partial charge in [0, 0.05) is 5.56 Å². The maximum absolute atomic E-state index is 12.5. The Morgan fingerprint density at radius 3 is 2.16 bits per heavy atom. The van der Waals surface area contributed by atoms with Gasteiger partial charge in [0.2, 0.25) is 0 Å². The molecule has 2 heteroatoms. The van der Waals surface area contributed by atoms with Crippen LogP contribution in [0.3, 0.4) is 0 Å². The second-order valence-corrected chi connectivity index (χ2v) is 4.71. The molecular weight excluding hydrogens is 234 g/mol. The van der Waals surface area contributed by atoms with Gasteiger partial charge in [-0.05, 0) is 31.5 Å². The highest BCUT2D eigenvalue weighted by molar-refractivity contribution is 6.03. The molecule has 2 aromatic rings. The fourth-order valence-corrected chi connectivity index (χ4v) is 2.21. The summed E-state index contributed by atoms with van der Waals surface area (Å²) >= 11 is 0. The lowest BCUT2D eigenvalue weighted by Gasteiger charge is -2.10. The summed E-state index contributed by atoms with van der Waals surface area (Å²) in [4.78, 5) is 12.5. The summed E-state index contributed by atoms with van der Waals surface area (Å²) in [5.74, 6) is -0.872. The van der Waals surface area contributed by atoms with Gasteiger partial charge in [0.15, 0.2) is 5.78 Å². The van der Waals surface area contributed by atoms with Crippen LogP contribution in [0.5, 0.6) is 0 Å². The Kier molecular flexibility index (Phi) is 3.77. The van der Waals surface area contributed by atoms with E-state index >= 15 is 0 Å². The Balaban J connectivity index is 2.40. The number of Topliss-reactive ketones (excluding diaryl/α,β-unsaturated/α-hetero) is 1. The van der Waals surface area contributed by atoms with Crippen LogP contribution >= 0.6 is 0 Å². The number of benzene rings is 2. The first-order valence-corrected chi connectivity index (χ1v) is 6.19. The van der Waals surface area contributed by atoms with Crippen LogP contribution in [-0.2, 0) is 0 Å². The number of hydrogen-bond acceptors (Lipinski definition) is 2. The van der Waals surface area contributed by atoms with E-state index in [1.807, 2.05) is 62.4 Å². The summed E-state index contributed by atoms with van der Waals surface area (Å²) in [5.41, 5.74) is 3.42. The number of nitriles is 1. The first-order chi connectivity index (χ1) is 9.11. The van der Waals surface area contributed by atoms with Crippen LogP contribution in [-0.4, -0.2) is 5.78 Å². The van der Waals surface area contributed by atoms with Crippen molar-refractivity contribution in [2.75, 3.05) is 0 Å². The van der Waals surface area contributed by atoms with E-state index in [1.54, 1.807) is 0 Å². The van der Waals surface area contributed by atoms with Crippen molar-refractivity contribution >= 4 is 5.78 Å². The molecule has 0 heterocycles. The van der Waals surface area contributed by atoms with E-state index in [0.717, 1.165) is 16.7 Å². The highest BCUT2D eigenvalue weighted by atomic mass is 16.1. The number of hydrogen-bond donors (Lipinski definition) is 0. The normalized spacial score (nSPS) is 11.6. The zero-order valence-electron chi connectivity index (χ0n) is 11.1. The van der Waals surface area contributed by atoms with E-state index in [0.29, 0.717) is 5.56 Å². The van der Waals surface area contributed by atoms with Crippen LogP contribution < -0.4 is 0 Å². The van der Waals surface area contributed by atoms with Gasteiger partial charge in [0.05, 0.1) is 6.07 Å². The molecule has 0 spiro atoms. The maximum atomic E-state index is 12.5. The van der Waals surface area contributed by atoms with E-state index in [9.17, 15) is 10.1 Å². The summed E-state index contributed by atoms with van der Waals surface area (Å²) in [6.45, 7) is 3.90. The minimum absolute atomic E-state index is 0.138. The molecule has 2 nitrogen and oxygen atoms in total. The van der Waals surface area contributed by atoms with Crippen molar-refractivity contribution in [3.05, 3.63) is 70.8 Å². The molecule has 0 aliphatic carbocycles.